The summed E-state index contributed by atoms with van der Waals surface area (Å²) >= 11 is 0. The summed E-state index contributed by atoms with van der Waals surface area (Å²) in [6, 6.07) is 3.86. The van der Waals surface area contributed by atoms with E-state index in [4.69, 9.17) is 4.74 Å². The molecule has 1 aliphatic carbocycles. The second-order valence-electron chi connectivity index (χ2n) is 4.98. The summed E-state index contributed by atoms with van der Waals surface area (Å²) in [6.45, 7) is 2.30. The van der Waals surface area contributed by atoms with Gasteiger partial charge in [0.15, 0.2) is 0 Å². The molecule has 1 aromatic rings. The Kier molecular flexibility index (Phi) is 4.73. The molecule has 3 heteroatoms. The van der Waals surface area contributed by atoms with Crippen LogP contribution in [0.1, 0.15) is 50.5 Å². The van der Waals surface area contributed by atoms with Crippen molar-refractivity contribution in [2.24, 2.45) is 5.92 Å². The van der Waals surface area contributed by atoms with E-state index in [1.807, 2.05) is 19.1 Å². The monoisotopic (exact) mass is 247 g/mol. The first kappa shape index (κ1) is 13.1. The summed E-state index contributed by atoms with van der Waals surface area (Å²) in [7, 11) is 0. The van der Waals surface area contributed by atoms with Gasteiger partial charge in [-0.05, 0) is 30.9 Å². The maximum atomic E-state index is 12.1. The van der Waals surface area contributed by atoms with Gasteiger partial charge in [-0.2, -0.15) is 0 Å². The van der Waals surface area contributed by atoms with Gasteiger partial charge in [0.2, 0.25) is 0 Å². The fraction of sp³-hybridized carbons (Fsp3) is 0.600. The van der Waals surface area contributed by atoms with Crippen molar-refractivity contribution in [2.75, 3.05) is 6.61 Å². The summed E-state index contributed by atoms with van der Waals surface area (Å²) in [6.07, 6.45) is 9.52. The highest BCUT2D eigenvalue weighted by Crippen LogP contribution is 2.34. The van der Waals surface area contributed by atoms with E-state index in [1.54, 1.807) is 12.4 Å². The molecule has 1 aliphatic rings. The number of carbonyl (C=O) groups excluding carboxylic acids is 1. The van der Waals surface area contributed by atoms with E-state index in [0.717, 1.165) is 12.0 Å². The number of rotatable bonds is 5. The maximum Gasteiger partial charge on any atom is 0.313 e. The number of hydrogen-bond acceptors (Lipinski definition) is 3. The van der Waals surface area contributed by atoms with Crippen LogP contribution < -0.4 is 0 Å². The van der Waals surface area contributed by atoms with Crippen molar-refractivity contribution in [3.63, 3.8) is 0 Å². The highest BCUT2D eigenvalue weighted by atomic mass is 16.5. The van der Waals surface area contributed by atoms with E-state index in [1.165, 1.54) is 25.7 Å². The fourth-order valence-corrected chi connectivity index (χ4v) is 2.77. The van der Waals surface area contributed by atoms with Gasteiger partial charge in [0.25, 0.3) is 0 Å². The molecule has 0 aromatic carbocycles. The molecular formula is C15H21NO2. The Morgan fingerprint density at radius 2 is 2.28 bits per heavy atom. The van der Waals surface area contributed by atoms with Gasteiger partial charge in [-0.3, -0.25) is 9.78 Å². The van der Waals surface area contributed by atoms with Crippen LogP contribution in [0.15, 0.2) is 24.5 Å². The van der Waals surface area contributed by atoms with Gasteiger partial charge in [-0.15, -0.1) is 0 Å². The molecule has 0 aliphatic heterocycles. The highest BCUT2D eigenvalue weighted by Gasteiger charge is 2.27. The zero-order valence-corrected chi connectivity index (χ0v) is 11.0. The number of pyridine rings is 1. The van der Waals surface area contributed by atoms with Crippen LogP contribution in [0.4, 0.5) is 0 Å². The number of ether oxygens (including phenoxy) is 1. The summed E-state index contributed by atoms with van der Waals surface area (Å²) in [4.78, 5) is 16.2. The summed E-state index contributed by atoms with van der Waals surface area (Å²) < 4.78 is 5.20. The number of esters is 1. The Labute approximate surface area is 109 Å². The average molecular weight is 247 g/mol. The van der Waals surface area contributed by atoms with Gasteiger partial charge < -0.3 is 4.74 Å². The fourth-order valence-electron chi connectivity index (χ4n) is 2.77. The predicted molar refractivity (Wildman–Crippen MR) is 70.2 cm³/mol. The molecule has 0 saturated heterocycles. The number of hydrogen-bond donors (Lipinski definition) is 0. The molecular weight excluding hydrogens is 226 g/mol. The van der Waals surface area contributed by atoms with Crippen LogP contribution in [-0.2, 0) is 9.53 Å². The third-order valence-electron chi connectivity index (χ3n) is 3.70. The lowest BCUT2D eigenvalue weighted by atomic mass is 9.89. The van der Waals surface area contributed by atoms with Gasteiger partial charge in [-0.1, -0.05) is 31.7 Å². The van der Waals surface area contributed by atoms with Crippen molar-refractivity contribution in [1.29, 1.82) is 0 Å². The minimum atomic E-state index is -0.137. The summed E-state index contributed by atoms with van der Waals surface area (Å²) in [5, 5.41) is 0. The Balaban J connectivity index is 2.09. The Hall–Kier alpha value is -1.38. The number of carbonyl (C=O) groups is 1. The van der Waals surface area contributed by atoms with Crippen molar-refractivity contribution in [3.8, 4) is 0 Å². The SMILES string of the molecule is CCOC(=O)C(CC1CCCC1)c1cccnc1. The predicted octanol–water partition coefficient (Wildman–Crippen LogP) is 3.31. The van der Waals surface area contributed by atoms with Gasteiger partial charge in [0.05, 0.1) is 12.5 Å². The smallest absolute Gasteiger partial charge is 0.313 e. The standard InChI is InChI=1S/C15H21NO2/c1-2-18-15(17)14(10-12-6-3-4-7-12)13-8-5-9-16-11-13/h5,8-9,11-12,14H,2-4,6-7,10H2,1H3. The largest absolute Gasteiger partial charge is 0.466 e. The number of nitrogens with zero attached hydrogens (tertiary/aromatic N) is 1. The van der Waals surface area contributed by atoms with E-state index < -0.39 is 0 Å². The van der Waals surface area contributed by atoms with Crippen LogP contribution >= 0.6 is 0 Å². The topological polar surface area (TPSA) is 39.2 Å². The van der Waals surface area contributed by atoms with Crippen molar-refractivity contribution in [3.05, 3.63) is 30.1 Å². The minimum absolute atomic E-state index is 0.0996. The van der Waals surface area contributed by atoms with Crippen LogP contribution in [0.5, 0.6) is 0 Å². The number of aromatic nitrogens is 1. The second-order valence-corrected chi connectivity index (χ2v) is 4.98. The average Bonchev–Trinajstić information content (AvgIpc) is 2.90. The molecule has 1 atom stereocenters. The zero-order chi connectivity index (χ0) is 12.8. The lowest BCUT2D eigenvalue weighted by Crippen LogP contribution is -2.18. The second kappa shape index (κ2) is 6.53. The molecule has 0 radical (unpaired) electrons. The van der Waals surface area contributed by atoms with Crippen molar-refractivity contribution >= 4 is 5.97 Å². The quantitative estimate of drug-likeness (QED) is 0.749. The van der Waals surface area contributed by atoms with Crippen LogP contribution in [0.2, 0.25) is 0 Å². The Morgan fingerprint density at radius 1 is 1.50 bits per heavy atom. The molecule has 1 unspecified atom stereocenters. The zero-order valence-electron chi connectivity index (χ0n) is 11.0. The Bertz CT molecular complexity index is 371. The van der Waals surface area contributed by atoms with E-state index in [-0.39, 0.29) is 11.9 Å². The third-order valence-corrected chi connectivity index (χ3v) is 3.70. The highest BCUT2D eigenvalue weighted by molar-refractivity contribution is 5.78. The molecule has 3 nitrogen and oxygen atoms in total. The molecule has 98 valence electrons. The molecule has 18 heavy (non-hydrogen) atoms. The third kappa shape index (κ3) is 3.31. The lowest BCUT2D eigenvalue weighted by Gasteiger charge is -2.19. The Morgan fingerprint density at radius 3 is 2.89 bits per heavy atom. The van der Waals surface area contributed by atoms with Gasteiger partial charge >= 0.3 is 5.97 Å². The van der Waals surface area contributed by atoms with Crippen molar-refractivity contribution in [2.45, 2.75) is 44.9 Å². The molecule has 1 fully saturated rings. The molecule has 1 heterocycles. The summed E-state index contributed by atoms with van der Waals surface area (Å²) in [5.41, 5.74) is 0.989. The summed E-state index contributed by atoms with van der Waals surface area (Å²) in [5.74, 6) is 0.429. The van der Waals surface area contributed by atoms with Crippen molar-refractivity contribution < 1.29 is 9.53 Å². The van der Waals surface area contributed by atoms with E-state index in [9.17, 15) is 4.79 Å². The van der Waals surface area contributed by atoms with Gasteiger partial charge in [-0.25, -0.2) is 0 Å². The van der Waals surface area contributed by atoms with Crippen LogP contribution in [0.25, 0.3) is 0 Å². The molecule has 2 rings (SSSR count). The van der Waals surface area contributed by atoms with Gasteiger partial charge in [0, 0.05) is 12.4 Å². The molecule has 0 N–H and O–H groups in total. The van der Waals surface area contributed by atoms with Gasteiger partial charge in [0.1, 0.15) is 0 Å². The first-order valence-corrected chi connectivity index (χ1v) is 6.87. The van der Waals surface area contributed by atoms with Crippen molar-refractivity contribution in [1.82, 2.24) is 4.98 Å². The molecule has 1 saturated carbocycles. The lowest BCUT2D eigenvalue weighted by molar-refractivity contribution is -0.145. The first-order chi connectivity index (χ1) is 8.81. The van der Waals surface area contributed by atoms with Crippen LogP contribution in [-0.4, -0.2) is 17.6 Å². The first-order valence-electron chi connectivity index (χ1n) is 6.87. The van der Waals surface area contributed by atoms with Crippen LogP contribution in [0, 0.1) is 5.92 Å². The molecule has 0 spiro atoms. The molecule has 0 amide bonds. The van der Waals surface area contributed by atoms with E-state index in [2.05, 4.69) is 4.98 Å². The van der Waals surface area contributed by atoms with E-state index >= 15 is 0 Å². The normalized spacial score (nSPS) is 17.6. The molecule has 0 bridgehead atoms. The van der Waals surface area contributed by atoms with Crippen LogP contribution in [0.3, 0.4) is 0 Å². The van der Waals surface area contributed by atoms with E-state index in [0.29, 0.717) is 12.5 Å². The maximum absolute atomic E-state index is 12.1. The minimum Gasteiger partial charge on any atom is -0.466 e. The molecule has 1 aromatic heterocycles.